The molecule has 0 saturated carbocycles. The summed E-state index contributed by atoms with van der Waals surface area (Å²) in [6.45, 7) is 6.33. The minimum absolute atomic E-state index is 0.0822. The average Bonchev–Trinajstić information content (AvgIpc) is 3.22. The summed E-state index contributed by atoms with van der Waals surface area (Å²) in [5, 5.41) is 0.983. The molecule has 0 radical (unpaired) electrons. The molecule has 7 heteroatoms. The molecule has 1 aliphatic rings. The quantitative estimate of drug-likeness (QED) is 0.716. The van der Waals surface area contributed by atoms with Crippen molar-refractivity contribution in [2.24, 2.45) is 0 Å². The number of fused-ring (bicyclic) bond motifs is 3. The second-order valence-corrected chi connectivity index (χ2v) is 7.21. The van der Waals surface area contributed by atoms with Crippen LogP contribution in [0, 0.1) is 0 Å². The minimum atomic E-state index is -0.501. The van der Waals surface area contributed by atoms with Crippen LogP contribution in [-0.4, -0.2) is 43.1 Å². The first-order chi connectivity index (χ1) is 11.4. The molecule has 0 aromatic carbocycles. The van der Waals surface area contributed by atoms with Crippen LogP contribution >= 0.6 is 0 Å². The van der Waals surface area contributed by atoms with Gasteiger partial charge in [-0.2, -0.15) is 0 Å². The Morgan fingerprint density at radius 2 is 2.25 bits per heavy atom. The van der Waals surface area contributed by atoms with Crippen LogP contribution in [0.4, 0.5) is 4.79 Å². The Hall–Kier alpha value is -2.57. The molecule has 3 aromatic heterocycles. The molecule has 2 N–H and O–H groups in total. The Labute approximate surface area is 139 Å². The first kappa shape index (κ1) is 15.0. The highest BCUT2D eigenvalue weighted by Crippen LogP contribution is 2.33. The number of H-pyrrole nitrogens is 2. The topological polar surface area (TPSA) is 86.9 Å². The predicted octanol–water partition coefficient (Wildman–Crippen LogP) is 3.51. The van der Waals surface area contributed by atoms with E-state index in [1.165, 1.54) is 0 Å². The van der Waals surface area contributed by atoms with Crippen LogP contribution < -0.4 is 0 Å². The number of imidazole rings is 1. The van der Waals surface area contributed by atoms with Gasteiger partial charge in [-0.25, -0.2) is 14.8 Å². The van der Waals surface area contributed by atoms with Crippen molar-refractivity contribution in [2.45, 2.75) is 45.3 Å². The fraction of sp³-hybridized carbons (Fsp3) is 0.471. The molecule has 1 amide bonds. The van der Waals surface area contributed by atoms with E-state index >= 15 is 0 Å². The lowest BCUT2D eigenvalue weighted by molar-refractivity contribution is 0.0219. The standard InChI is InChI=1S/C17H21N5O2/c1-17(2,3)24-16(23)22-8-4-5-12(22)15-20-11-9-19-14-10(6-7-18-14)13(11)21-15/h6-7,9,12H,4-5,8H2,1-3H3,(H,18,19)(H,20,21). The monoisotopic (exact) mass is 327 g/mol. The number of carbonyl (C=O) groups is 1. The second-order valence-electron chi connectivity index (χ2n) is 7.21. The third kappa shape index (κ3) is 2.50. The van der Waals surface area contributed by atoms with Crippen molar-refractivity contribution in [3.05, 3.63) is 24.3 Å². The van der Waals surface area contributed by atoms with Crippen molar-refractivity contribution in [2.75, 3.05) is 6.54 Å². The van der Waals surface area contributed by atoms with E-state index in [1.807, 2.05) is 33.0 Å². The molecule has 1 fully saturated rings. The molecule has 0 aliphatic carbocycles. The van der Waals surface area contributed by atoms with Gasteiger partial charge in [0.2, 0.25) is 0 Å². The van der Waals surface area contributed by atoms with Gasteiger partial charge in [-0.15, -0.1) is 0 Å². The number of hydrogen-bond donors (Lipinski definition) is 2. The smallest absolute Gasteiger partial charge is 0.410 e. The van der Waals surface area contributed by atoms with Crippen molar-refractivity contribution in [1.29, 1.82) is 0 Å². The largest absolute Gasteiger partial charge is 0.444 e. The van der Waals surface area contributed by atoms with Gasteiger partial charge in [0.1, 0.15) is 22.6 Å². The number of likely N-dealkylation sites (tertiary alicyclic amines) is 1. The summed E-state index contributed by atoms with van der Waals surface area (Å²) in [7, 11) is 0. The molecular formula is C17H21N5O2. The normalized spacial score (nSPS) is 18.6. The maximum absolute atomic E-state index is 12.5. The molecule has 4 rings (SSSR count). The number of nitrogens with one attached hydrogen (secondary N) is 2. The van der Waals surface area contributed by atoms with Gasteiger partial charge in [0.05, 0.1) is 17.8 Å². The summed E-state index contributed by atoms with van der Waals surface area (Å²) in [4.78, 5) is 29.8. The number of nitrogens with zero attached hydrogens (tertiary/aromatic N) is 3. The third-order valence-electron chi connectivity index (χ3n) is 4.25. The lowest BCUT2D eigenvalue weighted by Gasteiger charge is -2.27. The number of aromatic amines is 2. The first-order valence-electron chi connectivity index (χ1n) is 8.24. The zero-order valence-electron chi connectivity index (χ0n) is 14.1. The van der Waals surface area contributed by atoms with Crippen LogP contribution in [0.2, 0.25) is 0 Å². The molecular weight excluding hydrogens is 306 g/mol. The highest BCUT2D eigenvalue weighted by molar-refractivity contribution is 6.00. The van der Waals surface area contributed by atoms with Gasteiger partial charge in [-0.05, 0) is 39.7 Å². The average molecular weight is 327 g/mol. The number of carbonyl (C=O) groups excluding carboxylic acids is 1. The number of rotatable bonds is 1. The number of aromatic nitrogens is 4. The molecule has 1 unspecified atom stereocenters. The summed E-state index contributed by atoms with van der Waals surface area (Å²) < 4.78 is 5.53. The number of amides is 1. The fourth-order valence-electron chi connectivity index (χ4n) is 3.24. The zero-order chi connectivity index (χ0) is 16.9. The molecule has 0 bridgehead atoms. The maximum Gasteiger partial charge on any atom is 0.410 e. The van der Waals surface area contributed by atoms with Gasteiger partial charge in [-0.3, -0.25) is 4.90 Å². The molecule has 1 aliphatic heterocycles. The summed E-state index contributed by atoms with van der Waals surface area (Å²) in [5.41, 5.74) is 2.08. The van der Waals surface area contributed by atoms with E-state index in [0.717, 1.165) is 40.7 Å². The predicted molar refractivity (Wildman–Crippen MR) is 90.7 cm³/mol. The van der Waals surface area contributed by atoms with Crippen molar-refractivity contribution < 1.29 is 9.53 Å². The molecule has 0 spiro atoms. The maximum atomic E-state index is 12.5. The first-order valence-corrected chi connectivity index (χ1v) is 8.24. The fourth-order valence-corrected chi connectivity index (χ4v) is 3.24. The van der Waals surface area contributed by atoms with E-state index in [4.69, 9.17) is 9.72 Å². The van der Waals surface area contributed by atoms with Crippen LogP contribution in [0.5, 0.6) is 0 Å². The van der Waals surface area contributed by atoms with Gasteiger partial charge in [-0.1, -0.05) is 0 Å². The molecule has 24 heavy (non-hydrogen) atoms. The molecule has 7 nitrogen and oxygen atoms in total. The van der Waals surface area contributed by atoms with Gasteiger partial charge in [0.15, 0.2) is 0 Å². The SMILES string of the molecule is CC(C)(C)OC(=O)N1CCCC1c1nc2c(cnc3[nH]ccc32)[nH]1. The second kappa shape index (κ2) is 5.22. The van der Waals surface area contributed by atoms with Crippen LogP contribution in [0.1, 0.15) is 45.5 Å². The molecule has 1 saturated heterocycles. The third-order valence-corrected chi connectivity index (χ3v) is 4.25. The van der Waals surface area contributed by atoms with Crippen molar-refractivity contribution in [3.8, 4) is 0 Å². The number of pyridine rings is 1. The zero-order valence-corrected chi connectivity index (χ0v) is 14.1. The van der Waals surface area contributed by atoms with Crippen molar-refractivity contribution >= 4 is 28.2 Å². The Morgan fingerprint density at radius 1 is 1.42 bits per heavy atom. The summed E-state index contributed by atoms with van der Waals surface area (Å²) >= 11 is 0. The van der Waals surface area contributed by atoms with Crippen LogP contribution in [0.25, 0.3) is 22.1 Å². The Bertz CT molecular complexity index is 905. The van der Waals surface area contributed by atoms with E-state index in [1.54, 1.807) is 11.1 Å². The van der Waals surface area contributed by atoms with E-state index in [2.05, 4.69) is 15.0 Å². The molecule has 126 valence electrons. The van der Waals surface area contributed by atoms with E-state index in [0.29, 0.717) is 6.54 Å². The Balaban J connectivity index is 1.69. The van der Waals surface area contributed by atoms with Gasteiger partial charge in [0.25, 0.3) is 0 Å². The van der Waals surface area contributed by atoms with Crippen molar-refractivity contribution in [3.63, 3.8) is 0 Å². The van der Waals surface area contributed by atoms with Crippen LogP contribution in [0.15, 0.2) is 18.5 Å². The Morgan fingerprint density at radius 3 is 3.04 bits per heavy atom. The molecule has 3 aromatic rings. The minimum Gasteiger partial charge on any atom is -0.444 e. The molecule has 1 atom stereocenters. The lowest BCUT2D eigenvalue weighted by Crippen LogP contribution is -2.36. The van der Waals surface area contributed by atoms with Gasteiger partial charge in [0, 0.05) is 18.1 Å². The van der Waals surface area contributed by atoms with E-state index in [9.17, 15) is 4.79 Å². The highest BCUT2D eigenvalue weighted by Gasteiger charge is 2.35. The summed E-state index contributed by atoms with van der Waals surface area (Å²) in [6.07, 6.45) is 5.17. The number of ether oxygens (including phenoxy) is 1. The van der Waals surface area contributed by atoms with Gasteiger partial charge >= 0.3 is 6.09 Å². The summed E-state index contributed by atoms with van der Waals surface area (Å²) in [6, 6.07) is 1.89. The number of hydrogen-bond acceptors (Lipinski definition) is 4. The van der Waals surface area contributed by atoms with Crippen LogP contribution in [-0.2, 0) is 4.74 Å². The van der Waals surface area contributed by atoms with E-state index < -0.39 is 5.60 Å². The lowest BCUT2D eigenvalue weighted by atomic mass is 10.2. The summed E-state index contributed by atoms with van der Waals surface area (Å²) in [5.74, 6) is 0.795. The Kier molecular flexibility index (Phi) is 3.26. The van der Waals surface area contributed by atoms with Gasteiger partial charge < -0.3 is 14.7 Å². The van der Waals surface area contributed by atoms with Crippen LogP contribution in [0.3, 0.4) is 0 Å². The highest BCUT2D eigenvalue weighted by atomic mass is 16.6. The van der Waals surface area contributed by atoms with Crippen molar-refractivity contribution in [1.82, 2.24) is 24.8 Å². The van der Waals surface area contributed by atoms with E-state index in [-0.39, 0.29) is 12.1 Å². The molecule has 4 heterocycles.